The van der Waals surface area contributed by atoms with Gasteiger partial charge in [-0.3, -0.25) is 0 Å². The van der Waals surface area contributed by atoms with Gasteiger partial charge in [-0.25, -0.2) is 0 Å². The van der Waals surface area contributed by atoms with E-state index in [0.29, 0.717) is 0 Å². The molecule has 0 aromatic rings. The van der Waals surface area contributed by atoms with E-state index in [0.717, 1.165) is 19.2 Å². The first-order valence-corrected chi connectivity index (χ1v) is 7.65. The van der Waals surface area contributed by atoms with E-state index in [1.54, 1.807) is 7.11 Å². The minimum atomic E-state index is -6.00. The van der Waals surface area contributed by atoms with Crippen molar-refractivity contribution in [2.24, 2.45) is 0 Å². The van der Waals surface area contributed by atoms with Crippen LogP contribution in [0.5, 0.6) is 0 Å². The van der Waals surface area contributed by atoms with E-state index in [-0.39, 0.29) is 0 Å². The molecule has 27 heavy (non-hydrogen) atoms. The molecule has 2 nitrogen and oxygen atoms in total. The molecule has 1 aliphatic carbocycles. The fraction of sp³-hybridized carbons (Fsp3) is 1.00. The van der Waals surface area contributed by atoms with Crippen LogP contribution in [-0.2, 0) is 4.74 Å². The van der Waals surface area contributed by atoms with Crippen molar-refractivity contribution in [1.29, 1.82) is 0 Å². The highest BCUT2D eigenvalue weighted by Gasteiger charge is 2.21. The van der Waals surface area contributed by atoms with Gasteiger partial charge in [-0.1, -0.05) is 19.3 Å². The first-order chi connectivity index (χ1) is 11.8. The Kier molecular flexibility index (Phi) is 17.5. The van der Waals surface area contributed by atoms with E-state index in [2.05, 4.69) is 11.9 Å². The van der Waals surface area contributed by atoms with Crippen LogP contribution in [0.2, 0.25) is 0 Å². The lowest BCUT2D eigenvalue weighted by atomic mass is 9.94. The zero-order valence-corrected chi connectivity index (χ0v) is 14.7. The van der Waals surface area contributed by atoms with Gasteiger partial charge in [-0.15, -0.1) is 0 Å². The fourth-order valence-corrected chi connectivity index (χ4v) is 1.94. The fourth-order valence-electron chi connectivity index (χ4n) is 1.94. The van der Waals surface area contributed by atoms with Gasteiger partial charge in [0.1, 0.15) is 0 Å². The average molecular weight is 432 g/mol. The predicted octanol–water partition coefficient (Wildman–Crippen LogP) is 5.80. The quantitative estimate of drug-likeness (QED) is 0.412. The van der Waals surface area contributed by atoms with Crippen molar-refractivity contribution in [2.75, 3.05) is 27.3 Å². The highest BCUT2D eigenvalue weighted by Crippen LogP contribution is 2.21. The molecule has 1 aliphatic rings. The van der Waals surface area contributed by atoms with Crippen LogP contribution in [0.25, 0.3) is 0 Å². The maximum absolute atomic E-state index is 9.75. The Morgan fingerprint density at radius 1 is 0.704 bits per heavy atom. The number of nitrogens with zero attached hydrogens (tertiary/aromatic N) is 1. The Labute approximate surface area is 149 Å². The van der Waals surface area contributed by atoms with Crippen LogP contribution < -0.4 is 0 Å². The third-order valence-corrected chi connectivity index (χ3v) is 2.85. The van der Waals surface area contributed by atoms with E-state index >= 15 is 0 Å². The second-order valence-electron chi connectivity index (χ2n) is 5.25. The second-order valence-corrected chi connectivity index (χ2v) is 5.25. The summed E-state index contributed by atoms with van der Waals surface area (Å²) >= 11 is 0. The summed E-state index contributed by atoms with van der Waals surface area (Å²) in [5.74, 6) is 0. The molecule has 0 atom stereocenters. The van der Waals surface area contributed by atoms with Crippen LogP contribution in [0.15, 0.2) is 0 Å². The van der Waals surface area contributed by atoms with Crippen LogP contribution in [0.1, 0.15) is 32.1 Å². The normalized spacial score (nSPS) is 15.7. The molecule has 0 saturated heterocycles. The molecule has 0 radical (unpaired) electrons. The molecule has 0 heterocycles. The van der Waals surface area contributed by atoms with Crippen molar-refractivity contribution in [3.63, 3.8) is 0 Å². The Balaban J connectivity index is -0.000000323. The number of rotatable bonds is 4. The maximum Gasteiger partial charge on any atom is 0.673 e. The van der Waals surface area contributed by atoms with Crippen molar-refractivity contribution in [2.45, 2.75) is 38.1 Å². The lowest BCUT2D eigenvalue weighted by Gasteiger charge is -2.30. The second kappa shape index (κ2) is 15.2. The van der Waals surface area contributed by atoms with Gasteiger partial charge in [0.25, 0.3) is 0 Å². The molecule has 0 amide bonds. The summed E-state index contributed by atoms with van der Waals surface area (Å²) in [5, 5.41) is 0. The summed E-state index contributed by atoms with van der Waals surface area (Å²) in [6.45, 7) is 1.95. The molecular weight excluding hydrogens is 411 g/mol. The largest absolute Gasteiger partial charge is 0.673 e. The summed E-state index contributed by atoms with van der Waals surface area (Å²) in [6, 6.07) is 0.828. The molecule has 0 spiro atoms. The van der Waals surface area contributed by atoms with Gasteiger partial charge >= 0.3 is 21.8 Å². The van der Waals surface area contributed by atoms with Crippen LogP contribution >= 0.6 is 0 Å². The lowest BCUT2D eigenvalue weighted by Crippen LogP contribution is -2.35. The first kappa shape index (κ1) is 31.0. The van der Waals surface area contributed by atoms with Crippen molar-refractivity contribution in [1.82, 2.24) is 4.90 Å². The van der Waals surface area contributed by atoms with Crippen LogP contribution in [0.4, 0.5) is 51.8 Å². The molecule has 17 heteroatoms. The van der Waals surface area contributed by atoms with Gasteiger partial charge in [-0.05, 0) is 19.9 Å². The molecule has 1 saturated carbocycles. The highest BCUT2D eigenvalue weighted by atomic mass is 19.5. The average Bonchev–Trinajstić information content (AvgIpc) is 2.40. The third kappa shape index (κ3) is 58.7. The van der Waals surface area contributed by atoms with E-state index in [9.17, 15) is 51.8 Å². The topological polar surface area (TPSA) is 12.5 Å². The summed E-state index contributed by atoms with van der Waals surface area (Å²) in [7, 11) is -14.0. The van der Waals surface area contributed by atoms with Crippen LogP contribution in [0, 0.1) is 0 Å². The summed E-state index contributed by atoms with van der Waals surface area (Å²) in [5.41, 5.74) is 0. The number of hydrogen-bond donors (Lipinski definition) is 0. The van der Waals surface area contributed by atoms with Gasteiger partial charge in [0.15, 0.2) is 0 Å². The molecule has 0 bridgehead atoms. The number of likely N-dealkylation sites (N-methyl/N-ethyl adjacent to an activating group) is 1. The van der Waals surface area contributed by atoms with Crippen molar-refractivity contribution in [3.05, 3.63) is 0 Å². The summed E-state index contributed by atoms with van der Waals surface area (Å²) in [4.78, 5) is 2.45. The number of halogens is 12. The van der Waals surface area contributed by atoms with Gasteiger partial charge in [0.05, 0.1) is 6.61 Å². The molecule has 1 fully saturated rings. The van der Waals surface area contributed by atoms with E-state index in [4.69, 9.17) is 4.74 Å². The minimum Gasteiger partial charge on any atom is -0.418 e. The molecule has 168 valence electrons. The van der Waals surface area contributed by atoms with E-state index in [1.807, 2.05) is 0 Å². The van der Waals surface area contributed by atoms with Crippen LogP contribution in [0.3, 0.4) is 0 Å². The predicted molar refractivity (Wildman–Crippen MR) is 81.9 cm³/mol. The van der Waals surface area contributed by atoms with Crippen molar-refractivity contribution in [3.8, 4) is 0 Å². The Hall–Kier alpha value is -0.725. The summed E-state index contributed by atoms with van der Waals surface area (Å²) < 4.78 is 122. The van der Waals surface area contributed by atoms with Gasteiger partial charge in [0.2, 0.25) is 0 Å². The molecule has 0 N–H and O–H groups in total. The lowest BCUT2D eigenvalue weighted by molar-refractivity contribution is 0.123. The van der Waals surface area contributed by atoms with Gasteiger partial charge in [-0.2, -0.15) is 0 Å². The van der Waals surface area contributed by atoms with Crippen molar-refractivity contribution < 1.29 is 56.5 Å². The van der Waals surface area contributed by atoms with Gasteiger partial charge < -0.3 is 61.4 Å². The molecule has 0 aliphatic heterocycles. The number of methoxy groups -OCH3 is 1. The van der Waals surface area contributed by atoms with E-state index < -0.39 is 21.8 Å². The summed E-state index contributed by atoms with van der Waals surface area (Å²) in [6.07, 6.45) is 7.05. The maximum atomic E-state index is 9.75. The number of ether oxygens (including phenoxy) is 1. The Morgan fingerprint density at radius 3 is 1.26 bits per heavy atom. The standard InChI is InChI=1S/C10H21NO.3BF4/c1-11(8-9-12-2)10-6-4-3-5-7-10;3*2-1(3,4)5/h10H,3-9H2,1-2H3;;;/q;3*-1. The molecular formula is C10H21B3F12NO-3. The Bertz CT molecular complexity index is 286. The van der Waals surface area contributed by atoms with Crippen molar-refractivity contribution >= 4 is 21.8 Å². The zero-order chi connectivity index (χ0) is 22.3. The first-order valence-electron chi connectivity index (χ1n) is 7.65. The monoisotopic (exact) mass is 432 g/mol. The zero-order valence-electron chi connectivity index (χ0n) is 14.7. The molecule has 0 aromatic heterocycles. The third-order valence-electron chi connectivity index (χ3n) is 2.85. The highest BCUT2D eigenvalue weighted by molar-refractivity contribution is 6.50. The smallest absolute Gasteiger partial charge is 0.418 e. The SMILES string of the molecule is COCCN(C)C1CCCCC1.F[B-](F)(F)F.F[B-](F)(F)F.F[B-](F)(F)F. The molecule has 0 unspecified atom stereocenters. The minimum absolute atomic E-state index is 0.828. The number of hydrogen-bond acceptors (Lipinski definition) is 2. The Morgan fingerprint density at radius 2 is 1.00 bits per heavy atom. The molecule has 0 aromatic carbocycles. The van der Waals surface area contributed by atoms with Gasteiger partial charge in [0, 0.05) is 19.7 Å². The van der Waals surface area contributed by atoms with E-state index in [1.165, 1.54) is 32.1 Å². The van der Waals surface area contributed by atoms with Crippen LogP contribution in [-0.4, -0.2) is 60.0 Å². The molecule has 1 rings (SSSR count).